The van der Waals surface area contributed by atoms with Crippen LogP contribution in [0.15, 0.2) is 24.5 Å². The summed E-state index contributed by atoms with van der Waals surface area (Å²) in [5.41, 5.74) is 0.397. The van der Waals surface area contributed by atoms with Gasteiger partial charge in [0.05, 0.1) is 16.8 Å². The van der Waals surface area contributed by atoms with E-state index in [0.29, 0.717) is 17.6 Å². The van der Waals surface area contributed by atoms with Crippen molar-refractivity contribution >= 4 is 5.91 Å². The minimum atomic E-state index is -0.176. The normalized spacial score (nSPS) is 29.0. The maximum Gasteiger partial charge on any atom is 0.255 e. The summed E-state index contributed by atoms with van der Waals surface area (Å²) in [5.74, 6) is 0.0738. The van der Waals surface area contributed by atoms with E-state index in [1.165, 1.54) is 0 Å². The van der Waals surface area contributed by atoms with Gasteiger partial charge in [-0.3, -0.25) is 9.78 Å². The van der Waals surface area contributed by atoms with Gasteiger partial charge in [0.2, 0.25) is 0 Å². The topological polar surface area (TPSA) is 54.5 Å². The number of ether oxygens (including phenoxy) is 1. The molecule has 126 valence electrons. The van der Waals surface area contributed by atoms with E-state index in [1.54, 1.807) is 18.5 Å². The van der Waals surface area contributed by atoms with E-state index < -0.39 is 0 Å². The van der Waals surface area contributed by atoms with Crippen molar-refractivity contribution in [1.29, 1.82) is 0 Å². The van der Waals surface area contributed by atoms with Crippen LogP contribution in [0.25, 0.3) is 0 Å². The van der Waals surface area contributed by atoms with Gasteiger partial charge in [-0.2, -0.15) is 0 Å². The first kappa shape index (κ1) is 16.4. The minimum Gasteiger partial charge on any atom is -0.368 e. The Labute approximate surface area is 138 Å². The van der Waals surface area contributed by atoms with Crippen LogP contribution in [0.3, 0.4) is 0 Å². The summed E-state index contributed by atoms with van der Waals surface area (Å²) >= 11 is 0. The molecule has 0 bridgehead atoms. The lowest BCUT2D eigenvalue weighted by Crippen LogP contribution is -2.49. The zero-order chi connectivity index (χ0) is 16.7. The molecule has 2 fully saturated rings. The molecule has 1 aromatic rings. The number of hydrogen-bond acceptors (Lipinski definition) is 4. The molecule has 2 aliphatic heterocycles. The fraction of sp³-hybridized carbons (Fsp3) is 0.667. The lowest BCUT2D eigenvalue weighted by molar-refractivity contribution is -0.0703. The van der Waals surface area contributed by atoms with Gasteiger partial charge in [-0.25, -0.2) is 0 Å². The van der Waals surface area contributed by atoms with Crippen LogP contribution in [-0.2, 0) is 4.74 Å². The van der Waals surface area contributed by atoms with Crippen LogP contribution in [-0.4, -0.2) is 52.2 Å². The Balaban J connectivity index is 1.59. The summed E-state index contributed by atoms with van der Waals surface area (Å²) in [6.45, 7) is 10.1. The van der Waals surface area contributed by atoms with E-state index in [2.05, 4.69) is 38.0 Å². The van der Waals surface area contributed by atoms with Crippen molar-refractivity contribution in [1.82, 2.24) is 15.2 Å². The van der Waals surface area contributed by atoms with Crippen LogP contribution >= 0.6 is 0 Å². The van der Waals surface area contributed by atoms with Crippen LogP contribution in [0.4, 0.5) is 0 Å². The molecule has 5 nitrogen and oxygen atoms in total. The predicted molar refractivity (Wildman–Crippen MR) is 89.3 cm³/mol. The standard InChI is InChI=1S/C18H27N3O2/c1-17(2)10-15(18(3,4)23-17)20-14-7-9-21(12-14)16(22)13-6-5-8-19-11-13/h5-6,8,11,14-15,20H,7,9-10,12H2,1-4H3/t14-,15-/m0/s1. The third kappa shape index (κ3) is 3.56. The quantitative estimate of drug-likeness (QED) is 0.929. The van der Waals surface area contributed by atoms with Crippen molar-refractivity contribution in [3.05, 3.63) is 30.1 Å². The maximum absolute atomic E-state index is 12.5. The van der Waals surface area contributed by atoms with E-state index in [0.717, 1.165) is 25.9 Å². The zero-order valence-corrected chi connectivity index (χ0v) is 14.5. The largest absolute Gasteiger partial charge is 0.368 e. The molecular weight excluding hydrogens is 290 g/mol. The van der Waals surface area contributed by atoms with Crippen LogP contribution < -0.4 is 5.32 Å². The van der Waals surface area contributed by atoms with Crippen LogP contribution in [0.2, 0.25) is 0 Å². The number of rotatable bonds is 3. The Hall–Kier alpha value is -1.46. The molecule has 0 aromatic carbocycles. The SMILES string of the molecule is CC1(C)C[C@H](N[C@H]2CCN(C(=O)c3cccnc3)C2)C(C)(C)O1. The van der Waals surface area contributed by atoms with Gasteiger partial charge in [0.1, 0.15) is 0 Å². The summed E-state index contributed by atoms with van der Waals surface area (Å²) in [6, 6.07) is 4.28. The van der Waals surface area contributed by atoms with E-state index in [4.69, 9.17) is 4.74 Å². The van der Waals surface area contributed by atoms with Gasteiger partial charge < -0.3 is 15.0 Å². The second-order valence-corrected chi connectivity index (χ2v) is 7.87. The van der Waals surface area contributed by atoms with Gasteiger partial charge >= 0.3 is 0 Å². The average Bonchev–Trinajstić information content (AvgIpc) is 3.01. The first-order valence-electron chi connectivity index (χ1n) is 8.42. The first-order valence-corrected chi connectivity index (χ1v) is 8.42. The Morgan fingerprint density at radius 1 is 1.39 bits per heavy atom. The molecule has 2 aliphatic rings. The summed E-state index contributed by atoms with van der Waals surface area (Å²) in [7, 11) is 0. The number of pyridine rings is 1. The fourth-order valence-electron chi connectivity index (χ4n) is 3.86. The van der Waals surface area contributed by atoms with Crippen molar-refractivity contribution < 1.29 is 9.53 Å². The molecule has 2 saturated heterocycles. The molecule has 3 heterocycles. The molecular formula is C18H27N3O2. The molecule has 2 atom stereocenters. The average molecular weight is 317 g/mol. The highest BCUT2D eigenvalue weighted by molar-refractivity contribution is 5.94. The van der Waals surface area contributed by atoms with Gasteiger partial charge in [0, 0.05) is 37.6 Å². The second-order valence-electron chi connectivity index (χ2n) is 7.87. The molecule has 23 heavy (non-hydrogen) atoms. The lowest BCUT2D eigenvalue weighted by atomic mass is 9.93. The number of nitrogens with one attached hydrogen (secondary N) is 1. The highest BCUT2D eigenvalue weighted by Gasteiger charge is 2.46. The van der Waals surface area contributed by atoms with Crippen molar-refractivity contribution in [3.8, 4) is 0 Å². The Morgan fingerprint density at radius 2 is 2.17 bits per heavy atom. The van der Waals surface area contributed by atoms with E-state index in [9.17, 15) is 4.79 Å². The van der Waals surface area contributed by atoms with E-state index in [1.807, 2.05) is 11.0 Å². The van der Waals surface area contributed by atoms with Crippen molar-refractivity contribution in [2.45, 2.75) is 63.8 Å². The van der Waals surface area contributed by atoms with Gasteiger partial charge in [0.15, 0.2) is 0 Å². The number of nitrogens with zero attached hydrogens (tertiary/aromatic N) is 2. The molecule has 0 spiro atoms. The number of carbonyl (C=O) groups is 1. The highest BCUT2D eigenvalue weighted by atomic mass is 16.5. The third-order valence-electron chi connectivity index (χ3n) is 4.90. The van der Waals surface area contributed by atoms with Crippen LogP contribution in [0.5, 0.6) is 0 Å². The van der Waals surface area contributed by atoms with Gasteiger partial charge in [0.25, 0.3) is 5.91 Å². The summed E-state index contributed by atoms with van der Waals surface area (Å²) < 4.78 is 6.15. The van der Waals surface area contributed by atoms with Crippen molar-refractivity contribution in [2.75, 3.05) is 13.1 Å². The monoisotopic (exact) mass is 317 g/mol. The van der Waals surface area contributed by atoms with Crippen molar-refractivity contribution in [3.63, 3.8) is 0 Å². The third-order valence-corrected chi connectivity index (χ3v) is 4.90. The maximum atomic E-state index is 12.5. The van der Waals surface area contributed by atoms with Gasteiger partial charge in [-0.1, -0.05) is 0 Å². The number of amides is 1. The molecule has 0 aliphatic carbocycles. The number of likely N-dealkylation sites (tertiary alicyclic amines) is 1. The molecule has 0 saturated carbocycles. The summed E-state index contributed by atoms with van der Waals surface area (Å²) in [4.78, 5) is 18.4. The molecule has 0 radical (unpaired) electrons. The number of aromatic nitrogens is 1. The Morgan fingerprint density at radius 3 is 2.78 bits per heavy atom. The Kier molecular flexibility index (Phi) is 4.19. The molecule has 1 N–H and O–H groups in total. The van der Waals surface area contributed by atoms with Crippen molar-refractivity contribution in [2.24, 2.45) is 0 Å². The van der Waals surface area contributed by atoms with Gasteiger partial charge in [-0.05, 0) is 52.7 Å². The zero-order valence-electron chi connectivity index (χ0n) is 14.5. The summed E-state index contributed by atoms with van der Waals surface area (Å²) in [6.07, 6.45) is 5.31. The van der Waals surface area contributed by atoms with E-state index >= 15 is 0 Å². The van der Waals surface area contributed by atoms with Gasteiger partial charge in [-0.15, -0.1) is 0 Å². The first-order chi connectivity index (χ1) is 10.8. The molecule has 5 heteroatoms. The minimum absolute atomic E-state index is 0.0738. The molecule has 1 amide bonds. The predicted octanol–water partition coefficient (Wildman–Crippen LogP) is 2.23. The van der Waals surface area contributed by atoms with E-state index in [-0.39, 0.29) is 17.1 Å². The second kappa shape index (κ2) is 5.87. The fourth-order valence-corrected chi connectivity index (χ4v) is 3.86. The molecule has 0 unspecified atom stereocenters. The smallest absolute Gasteiger partial charge is 0.255 e. The Bertz CT molecular complexity index is 571. The number of hydrogen-bond donors (Lipinski definition) is 1. The van der Waals surface area contributed by atoms with Crippen LogP contribution in [0.1, 0.15) is 50.9 Å². The highest BCUT2D eigenvalue weighted by Crippen LogP contribution is 2.37. The molecule has 3 rings (SSSR count). The molecule has 1 aromatic heterocycles. The lowest BCUT2D eigenvalue weighted by Gasteiger charge is -2.30. The van der Waals surface area contributed by atoms with Crippen LogP contribution in [0, 0.1) is 0 Å². The number of carbonyl (C=O) groups excluding carboxylic acids is 1. The summed E-state index contributed by atoms with van der Waals surface area (Å²) in [5, 5.41) is 3.73.